The lowest BCUT2D eigenvalue weighted by Gasteiger charge is -2.18. The number of hydrogen-bond acceptors (Lipinski definition) is 3. The summed E-state index contributed by atoms with van der Waals surface area (Å²) >= 11 is 18.1. The molecule has 0 heterocycles. The molecule has 148 valence electrons. The number of hydrogen-bond donors (Lipinski definition) is 1. The largest absolute Gasteiger partial charge is 0.491 e. The first-order valence-corrected chi connectivity index (χ1v) is 9.99. The molecule has 0 unspecified atom stereocenters. The van der Waals surface area contributed by atoms with Crippen LogP contribution in [0.3, 0.4) is 0 Å². The maximum Gasteiger partial charge on any atom is 0.300 e. The van der Waals surface area contributed by atoms with E-state index in [0.717, 1.165) is 19.6 Å². The van der Waals surface area contributed by atoms with E-state index < -0.39 is 5.91 Å². The Balaban J connectivity index is 1.95. The maximum atomic E-state index is 12.0. The normalized spacial score (nSPS) is 10.4. The van der Waals surface area contributed by atoms with Gasteiger partial charge >= 0.3 is 5.91 Å². The molecule has 0 saturated carbocycles. The Morgan fingerprint density at radius 2 is 1.82 bits per heavy atom. The first-order chi connectivity index (χ1) is 13.4. The van der Waals surface area contributed by atoms with Crippen LogP contribution in [0.2, 0.25) is 15.1 Å². The van der Waals surface area contributed by atoms with Crippen LogP contribution in [0.15, 0.2) is 36.4 Å². The summed E-state index contributed by atoms with van der Waals surface area (Å²) in [6.45, 7) is 7.53. The van der Waals surface area contributed by atoms with Crippen LogP contribution >= 0.6 is 34.8 Å². The molecule has 0 saturated heterocycles. The highest BCUT2D eigenvalue weighted by Crippen LogP contribution is 2.27. The average Bonchev–Trinajstić information content (AvgIpc) is 2.66. The van der Waals surface area contributed by atoms with Gasteiger partial charge in [-0.25, -0.2) is 0 Å². The van der Waals surface area contributed by atoms with Crippen molar-refractivity contribution in [3.05, 3.63) is 57.0 Å². The van der Waals surface area contributed by atoms with E-state index in [1.165, 1.54) is 0 Å². The minimum absolute atomic E-state index is 0.391. The Kier molecular flexibility index (Phi) is 8.95. The van der Waals surface area contributed by atoms with Gasteiger partial charge in [-0.1, -0.05) is 54.6 Å². The van der Waals surface area contributed by atoms with E-state index in [1.54, 1.807) is 36.4 Å². The smallest absolute Gasteiger partial charge is 0.300 e. The minimum Gasteiger partial charge on any atom is -0.491 e. The highest BCUT2D eigenvalue weighted by molar-refractivity contribution is 6.35. The molecule has 1 amide bonds. The number of likely N-dealkylation sites (N-methyl/N-ethyl adjacent to an activating group) is 1. The Morgan fingerprint density at radius 3 is 2.46 bits per heavy atom. The molecule has 0 bridgehead atoms. The van der Waals surface area contributed by atoms with Crippen LogP contribution in [0, 0.1) is 11.8 Å². The fourth-order valence-electron chi connectivity index (χ4n) is 2.40. The number of anilines is 1. The number of benzene rings is 2. The molecule has 2 aromatic rings. The molecule has 1 N–H and O–H groups in total. The summed E-state index contributed by atoms with van der Waals surface area (Å²) in [5.41, 5.74) is 1.05. The lowest BCUT2D eigenvalue weighted by atomic mass is 10.2. The van der Waals surface area contributed by atoms with Crippen molar-refractivity contribution in [3.8, 4) is 17.6 Å². The van der Waals surface area contributed by atoms with Gasteiger partial charge < -0.3 is 15.0 Å². The van der Waals surface area contributed by atoms with Crippen LogP contribution < -0.4 is 10.1 Å². The molecule has 4 nitrogen and oxygen atoms in total. The number of carbonyl (C=O) groups is 1. The third-order valence-electron chi connectivity index (χ3n) is 3.99. The number of amides is 1. The molecular formula is C21H21Cl3N2O2. The van der Waals surface area contributed by atoms with Crippen molar-refractivity contribution >= 4 is 46.4 Å². The number of carbonyl (C=O) groups excluding carboxylic acids is 1. The van der Waals surface area contributed by atoms with Gasteiger partial charge in [0, 0.05) is 28.7 Å². The SMILES string of the molecule is CCN(CC)CCOc1ccc(NC(=O)C#Cc2ccc(Cl)cc2Cl)cc1Cl. The number of halogens is 3. The predicted octanol–water partition coefficient (Wildman–Crippen LogP) is 5.36. The fourth-order valence-corrected chi connectivity index (χ4v) is 3.09. The maximum absolute atomic E-state index is 12.0. The zero-order valence-electron chi connectivity index (χ0n) is 15.7. The number of ether oxygens (including phenoxy) is 1. The van der Waals surface area contributed by atoms with Crippen molar-refractivity contribution in [3.63, 3.8) is 0 Å². The molecule has 2 rings (SSSR count). The van der Waals surface area contributed by atoms with Gasteiger partial charge in [-0.15, -0.1) is 0 Å². The summed E-state index contributed by atoms with van der Waals surface area (Å²) in [6.07, 6.45) is 0. The van der Waals surface area contributed by atoms with Crippen molar-refractivity contribution in [1.82, 2.24) is 4.90 Å². The predicted molar refractivity (Wildman–Crippen MR) is 117 cm³/mol. The summed E-state index contributed by atoms with van der Waals surface area (Å²) < 4.78 is 5.72. The van der Waals surface area contributed by atoms with E-state index >= 15 is 0 Å². The number of rotatable bonds is 7. The second kappa shape index (κ2) is 11.2. The summed E-state index contributed by atoms with van der Waals surface area (Å²) in [5, 5.41) is 4.00. The van der Waals surface area contributed by atoms with E-state index in [2.05, 4.69) is 35.9 Å². The molecule has 0 fully saturated rings. The minimum atomic E-state index is -0.475. The van der Waals surface area contributed by atoms with Crippen LogP contribution in [0.1, 0.15) is 19.4 Å². The summed E-state index contributed by atoms with van der Waals surface area (Å²) in [5.74, 6) is 5.31. The number of nitrogens with zero attached hydrogens (tertiary/aromatic N) is 1. The van der Waals surface area contributed by atoms with E-state index in [1.807, 2.05) is 0 Å². The third kappa shape index (κ3) is 6.92. The monoisotopic (exact) mass is 438 g/mol. The van der Waals surface area contributed by atoms with E-state index in [0.29, 0.717) is 38.7 Å². The molecule has 7 heteroatoms. The van der Waals surface area contributed by atoms with Crippen LogP contribution in [0.4, 0.5) is 5.69 Å². The van der Waals surface area contributed by atoms with Crippen molar-refractivity contribution in [2.45, 2.75) is 13.8 Å². The Morgan fingerprint density at radius 1 is 1.07 bits per heavy atom. The van der Waals surface area contributed by atoms with Gasteiger partial charge in [0.2, 0.25) is 0 Å². The highest BCUT2D eigenvalue weighted by atomic mass is 35.5. The van der Waals surface area contributed by atoms with Gasteiger partial charge in [-0.05, 0) is 49.5 Å². The zero-order chi connectivity index (χ0) is 20.5. The fraction of sp³-hybridized carbons (Fsp3) is 0.286. The quantitative estimate of drug-likeness (QED) is 0.591. The van der Waals surface area contributed by atoms with Crippen molar-refractivity contribution in [2.75, 3.05) is 31.6 Å². The summed E-state index contributed by atoms with van der Waals surface area (Å²) in [6, 6.07) is 9.96. The standard InChI is InChI=1S/C21H21Cl3N2O2/c1-3-26(4-2)11-12-28-20-9-8-17(14-19(20)24)25-21(27)10-6-15-5-7-16(22)13-18(15)23/h5,7-9,13-14H,3-4,11-12H2,1-2H3,(H,25,27). The lowest BCUT2D eigenvalue weighted by molar-refractivity contribution is -0.111. The van der Waals surface area contributed by atoms with E-state index in [9.17, 15) is 4.79 Å². The molecular weight excluding hydrogens is 419 g/mol. The molecule has 0 spiro atoms. The van der Waals surface area contributed by atoms with Crippen LogP contribution in [0.25, 0.3) is 0 Å². The Bertz CT molecular complexity index is 887. The van der Waals surface area contributed by atoms with Gasteiger partial charge in [0.25, 0.3) is 0 Å². The summed E-state index contributed by atoms with van der Waals surface area (Å²) in [4.78, 5) is 14.3. The van der Waals surface area contributed by atoms with Crippen LogP contribution in [-0.2, 0) is 4.79 Å². The van der Waals surface area contributed by atoms with Crippen molar-refractivity contribution < 1.29 is 9.53 Å². The molecule has 2 aromatic carbocycles. The molecule has 0 radical (unpaired) electrons. The van der Waals surface area contributed by atoms with E-state index in [4.69, 9.17) is 39.5 Å². The zero-order valence-corrected chi connectivity index (χ0v) is 18.0. The second-order valence-corrected chi connectivity index (χ2v) is 7.10. The lowest BCUT2D eigenvalue weighted by Crippen LogP contribution is -2.27. The summed E-state index contributed by atoms with van der Waals surface area (Å²) in [7, 11) is 0. The van der Waals surface area contributed by atoms with Crippen molar-refractivity contribution in [1.29, 1.82) is 0 Å². The Labute approximate surface area is 180 Å². The topological polar surface area (TPSA) is 41.6 Å². The first kappa shape index (κ1) is 22.4. The first-order valence-electron chi connectivity index (χ1n) is 8.85. The van der Waals surface area contributed by atoms with Gasteiger partial charge in [0.05, 0.1) is 10.0 Å². The molecule has 28 heavy (non-hydrogen) atoms. The molecule has 0 aliphatic rings. The molecule has 0 aromatic heterocycles. The van der Waals surface area contributed by atoms with Gasteiger partial charge in [0.15, 0.2) is 0 Å². The molecule has 0 aliphatic heterocycles. The third-order valence-corrected chi connectivity index (χ3v) is 4.83. The number of nitrogens with one attached hydrogen (secondary N) is 1. The van der Waals surface area contributed by atoms with Crippen LogP contribution in [0.5, 0.6) is 5.75 Å². The second-order valence-electron chi connectivity index (χ2n) is 5.85. The van der Waals surface area contributed by atoms with Crippen molar-refractivity contribution in [2.24, 2.45) is 0 Å². The average molecular weight is 440 g/mol. The van der Waals surface area contributed by atoms with Gasteiger partial charge in [-0.3, -0.25) is 4.79 Å². The van der Waals surface area contributed by atoms with Crippen LogP contribution in [-0.4, -0.2) is 37.0 Å². The van der Waals surface area contributed by atoms with Gasteiger partial charge in [-0.2, -0.15) is 0 Å². The molecule has 0 atom stereocenters. The van der Waals surface area contributed by atoms with E-state index in [-0.39, 0.29) is 0 Å². The highest BCUT2D eigenvalue weighted by Gasteiger charge is 2.06. The Hall–Kier alpha value is -1.90. The molecule has 0 aliphatic carbocycles. The van der Waals surface area contributed by atoms with Gasteiger partial charge in [0.1, 0.15) is 12.4 Å².